The summed E-state index contributed by atoms with van der Waals surface area (Å²) < 4.78 is 5.95. The first-order valence-corrected chi connectivity index (χ1v) is 8.23. The van der Waals surface area contributed by atoms with E-state index in [0.29, 0.717) is 6.42 Å². The van der Waals surface area contributed by atoms with Gasteiger partial charge < -0.3 is 10.5 Å². The maximum absolute atomic E-state index is 11.6. The predicted octanol–water partition coefficient (Wildman–Crippen LogP) is 4.02. The summed E-state index contributed by atoms with van der Waals surface area (Å²) in [4.78, 5) is 12.8. The summed E-state index contributed by atoms with van der Waals surface area (Å²) in [5, 5.41) is 0. The van der Waals surface area contributed by atoms with E-state index in [4.69, 9.17) is 10.5 Å². The third-order valence-corrected chi connectivity index (χ3v) is 5.78. The molecule has 0 bridgehead atoms. The first kappa shape index (κ1) is 15.0. The molecule has 2 rings (SSSR count). The fourth-order valence-electron chi connectivity index (χ4n) is 3.05. The minimum Gasteiger partial charge on any atom is -0.469 e. The topological polar surface area (TPSA) is 52.3 Å². The van der Waals surface area contributed by atoms with Crippen molar-refractivity contribution in [3.63, 3.8) is 0 Å². The highest BCUT2D eigenvalue weighted by atomic mass is 79.9. The number of nitrogens with two attached hydrogens (primary N) is 1. The van der Waals surface area contributed by atoms with E-state index in [1.54, 1.807) is 11.3 Å². The molecule has 1 aliphatic rings. The summed E-state index contributed by atoms with van der Waals surface area (Å²) in [6, 6.07) is 4.11. The van der Waals surface area contributed by atoms with Crippen LogP contribution in [0.1, 0.15) is 49.4 Å². The van der Waals surface area contributed by atoms with E-state index in [1.807, 2.05) is 6.07 Å². The minimum absolute atomic E-state index is 0.0130. The van der Waals surface area contributed by atoms with Crippen molar-refractivity contribution in [2.24, 2.45) is 11.1 Å². The van der Waals surface area contributed by atoms with Crippen molar-refractivity contribution in [1.29, 1.82) is 0 Å². The number of hydrogen-bond donors (Lipinski definition) is 1. The summed E-state index contributed by atoms with van der Waals surface area (Å²) in [5.74, 6) is -0.110. The zero-order valence-corrected chi connectivity index (χ0v) is 13.6. The van der Waals surface area contributed by atoms with Crippen LogP contribution in [-0.4, -0.2) is 13.1 Å². The number of methoxy groups -OCH3 is 1. The van der Waals surface area contributed by atoms with E-state index in [-0.39, 0.29) is 17.4 Å². The molecule has 1 heterocycles. The second-order valence-corrected chi connectivity index (χ2v) is 7.91. The standard InChI is InChI=1S/C14H20BrNO2S/c1-18-13(17)9-14(6-2-3-7-14)8-10(16)11-4-5-12(15)19-11/h4-5,10H,2-3,6-9,16H2,1H3. The molecule has 106 valence electrons. The van der Waals surface area contributed by atoms with Crippen LogP contribution in [0.3, 0.4) is 0 Å². The highest BCUT2D eigenvalue weighted by Crippen LogP contribution is 2.47. The van der Waals surface area contributed by atoms with Gasteiger partial charge in [0.2, 0.25) is 0 Å². The first-order valence-electron chi connectivity index (χ1n) is 6.62. The van der Waals surface area contributed by atoms with Crippen molar-refractivity contribution in [1.82, 2.24) is 0 Å². The van der Waals surface area contributed by atoms with Crippen molar-refractivity contribution in [2.75, 3.05) is 7.11 Å². The highest BCUT2D eigenvalue weighted by Gasteiger charge is 2.38. The number of carbonyl (C=O) groups excluding carboxylic acids is 1. The third kappa shape index (κ3) is 3.80. The Morgan fingerprint density at radius 3 is 2.74 bits per heavy atom. The molecular formula is C14H20BrNO2S. The average molecular weight is 346 g/mol. The lowest BCUT2D eigenvalue weighted by molar-refractivity contribution is -0.143. The van der Waals surface area contributed by atoms with Crippen LogP contribution in [-0.2, 0) is 9.53 Å². The van der Waals surface area contributed by atoms with Crippen molar-refractivity contribution >= 4 is 33.2 Å². The number of ether oxygens (including phenoxy) is 1. The van der Waals surface area contributed by atoms with Gasteiger partial charge in [-0.3, -0.25) is 4.79 Å². The molecule has 19 heavy (non-hydrogen) atoms. The van der Waals surface area contributed by atoms with Crippen molar-refractivity contribution in [3.8, 4) is 0 Å². The van der Waals surface area contributed by atoms with E-state index in [1.165, 1.54) is 24.8 Å². The summed E-state index contributed by atoms with van der Waals surface area (Å²) in [7, 11) is 1.46. The van der Waals surface area contributed by atoms with Gasteiger partial charge in [-0.1, -0.05) is 12.8 Å². The van der Waals surface area contributed by atoms with E-state index >= 15 is 0 Å². The molecule has 1 aromatic rings. The van der Waals surface area contributed by atoms with Gasteiger partial charge in [-0.2, -0.15) is 0 Å². The molecule has 0 saturated heterocycles. The SMILES string of the molecule is COC(=O)CC1(CC(N)c2ccc(Br)s2)CCCC1. The maximum Gasteiger partial charge on any atom is 0.306 e. The summed E-state index contributed by atoms with van der Waals surface area (Å²) in [6.45, 7) is 0. The molecule has 3 nitrogen and oxygen atoms in total. The smallest absolute Gasteiger partial charge is 0.306 e. The molecular weight excluding hydrogens is 326 g/mol. The van der Waals surface area contributed by atoms with Gasteiger partial charge in [-0.25, -0.2) is 0 Å². The number of carbonyl (C=O) groups is 1. The van der Waals surface area contributed by atoms with Crippen molar-refractivity contribution < 1.29 is 9.53 Å². The van der Waals surface area contributed by atoms with Crippen LogP contribution in [0.5, 0.6) is 0 Å². The Morgan fingerprint density at radius 2 is 2.21 bits per heavy atom. The van der Waals surface area contributed by atoms with Crippen LogP contribution >= 0.6 is 27.3 Å². The molecule has 0 spiro atoms. The van der Waals surface area contributed by atoms with Gasteiger partial charge in [-0.15, -0.1) is 11.3 Å². The second kappa shape index (κ2) is 6.37. The number of hydrogen-bond acceptors (Lipinski definition) is 4. The number of esters is 1. The number of rotatable bonds is 5. The molecule has 0 radical (unpaired) electrons. The molecule has 5 heteroatoms. The van der Waals surface area contributed by atoms with Crippen LogP contribution < -0.4 is 5.73 Å². The zero-order chi connectivity index (χ0) is 13.9. The molecule has 1 atom stereocenters. The average Bonchev–Trinajstić information content (AvgIpc) is 2.99. The van der Waals surface area contributed by atoms with Gasteiger partial charge in [0.05, 0.1) is 17.3 Å². The Balaban J connectivity index is 2.06. The van der Waals surface area contributed by atoms with E-state index in [0.717, 1.165) is 23.0 Å². The molecule has 2 N–H and O–H groups in total. The predicted molar refractivity (Wildman–Crippen MR) is 81.1 cm³/mol. The molecule has 0 aliphatic heterocycles. The second-order valence-electron chi connectivity index (χ2n) is 5.41. The summed E-state index contributed by atoms with van der Waals surface area (Å²) >= 11 is 5.14. The number of halogens is 1. The number of thiophene rings is 1. The Labute approximate surface area is 126 Å². The molecule has 1 saturated carbocycles. The van der Waals surface area contributed by atoms with E-state index < -0.39 is 0 Å². The van der Waals surface area contributed by atoms with Crippen LogP contribution in [0.25, 0.3) is 0 Å². The summed E-state index contributed by atoms with van der Waals surface area (Å²) in [6.07, 6.45) is 5.93. The molecule has 1 aliphatic carbocycles. The normalized spacial score (nSPS) is 19.3. The quantitative estimate of drug-likeness (QED) is 0.819. The molecule has 1 aromatic heterocycles. The molecule has 1 fully saturated rings. The lowest BCUT2D eigenvalue weighted by Crippen LogP contribution is -2.27. The fourth-order valence-corrected chi connectivity index (χ4v) is 4.48. The van der Waals surface area contributed by atoms with Crippen LogP contribution in [0.2, 0.25) is 0 Å². The summed E-state index contributed by atoms with van der Waals surface area (Å²) in [5.41, 5.74) is 6.37. The van der Waals surface area contributed by atoms with E-state index in [2.05, 4.69) is 22.0 Å². The highest BCUT2D eigenvalue weighted by molar-refractivity contribution is 9.11. The Morgan fingerprint density at radius 1 is 1.53 bits per heavy atom. The van der Waals surface area contributed by atoms with E-state index in [9.17, 15) is 4.79 Å². The monoisotopic (exact) mass is 345 g/mol. The van der Waals surface area contributed by atoms with Gasteiger partial charge in [0, 0.05) is 10.9 Å². The molecule has 0 amide bonds. The lowest BCUT2D eigenvalue weighted by Gasteiger charge is -2.30. The lowest BCUT2D eigenvalue weighted by atomic mass is 9.77. The third-order valence-electron chi connectivity index (χ3n) is 4.02. The van der Waals surface area contributed by atoms with Crippen LogP contribution in [0.4, 0.5) is 0 Å². The van der Waals surface area contributed by atoms with Crippen molar-refractivity contribution in [3.05, 3.63) is 20.8 Å². The van der Waals surface area contributed by atoms with Gasteiger partial charge in [0.15, 0.2) is 0 Å². The molecule has 0 aromatic carbocycles. The Bertz CT molecular complexity index is 440. The van der Waals surface area contributed by atoms with Gasteiger partial charge in [0.25, 0.3) is 0 Å². The van der Waals surface area contributed by atoms with Crippen LogP contribution in [0, 0.1) is 5.41 Å². The van der Waals surface area contributed by atoms with Gasteiger partial charge in [-0.05, 0) is 52.7 Å². The Hall–Kier alpha value is -0.390. The largest absolute Gasteiger partial charge is 0.469 e. The van der Waals surface area contributed by atoms with Gasteiger partial charge in [0.1, 0.15) is 0 Å². The minimum atomic E-state index is -0.110. The van der Waals surface area contributed by atoms with Gasteiger partial charge >= 0.3 is 5.97 Å². The molecule has 1 unspecified atom stereocenters. The fraction of sp³-hybridized carbons (Fsp3) is 0.643. The zero-order valence-electron chi connectivity index (χ0n) is 11.2. The Kier molecular flexibility index (Phi) is 5.03. The van der Waals surface area contributed by atoms with Crippen molar-refractivity contribution in [2.45, 2.75) is 44.6 Å². The first-order chi connectivity index (χ1) is 9.04. The maximum atomic E-state index is 11.6. The van der Waals surface area contributed by atoms with Crippen LogP contribution in [0.15, 0.2) is 15.9 Å².